The highest BCUT2D eigenvalue weighted by Crippen LogP contribution is 2.23. The Hall–Kier alpha value is -0.710. The standard InChI is InChI=1S/C12H13BrN2S/c1-9(10-4-2-3-5-11(10)13)15-8-12-14-6-7-16-12/h2-7,9,15H,8H2,1H3/t9-/m1/s1. The van der Waals surface area contributed by atoms with Crippen LogP contribution in [0.15, 0.2) is 40.3 Å². The summed E-state index contributed by atoms with van der Waals surface area (Å²) in [6.45, 7) is 2.98. The van der Waals surface area contributed by atoms with Crippen LogP contribution >= 0.6 is 27.3 Å². The number of nitrogens with one attached hydrogen (secondary N) is 1. The van der Waals surface area contributed by atoms with Crippen molar-refractivity contribution in [2.24, 2.45) is 0 Å². The van der Waals surface area contributed by atoms with Gasteiger partial charge in [-0.15, -0.1) is 11.3 Å². The van der Waals surface area contributed by atoms with E-state index in [9.17, 15) is 0 Å². The van der Waals surface area contributed by atoms with Gasteiger partial charge in [0.25, 0.3) is 0 Å². The summed E-state index contributed by atoms with van der Waals surface area (Å²) in [6, 6.07) is 8.60. The fourth-order valence-corrected chi connectivity index (χ4v) is 2.71. The van der Waals surface area contributed by atoms with E-state index in [4.69, 9.17) is 0 Å². The van der Waals surface area contributed by atoms with Crippen molar-refractivity contribution in [3.8, 4) is 0 Å². The van der Waals surface area contributed by atoms with Crippen molar-refractivity contribution in [3.05, 3.63) is 50.9 Å². The molecule has 0 fully saturated rings. The van der Waals surface area contributed by atoms with Gasteiger partial charge in [-0.3, -0.25) is 0 Å². The van der Waals surface area contributed by atoms with Crippen LogP contribution in [-0.2, 0) is 6.54 Å². The molecule has 16 heavy (non-hydrogen) atoms. The summed E-state index contributed by atoms with van der Waals surface area (Å²) in [7, 11) is 0. The summed E-state index contributed by atoms with van der Waals surface area (Å²) >= 11 is 5.24. The summed E-state index contributed by atoms with van der Waals surface area (Å²) in [5, 5.41) is 6.58. The summed E-state index contributed by atoms with van der Waals surface area (Å²) in [6.07, 6.45) is 1.84. The molecular weight excluding hydrogens is 284 g/mol. The zero-order valence-electron chi connectivity index (χ0n) is 8.98. The number of hydrogen-bond donors (Lipinski definition) is 1. The SMILES string of the molecule is C[C@@H](NCc1nccs1)c1ccccc1Br. The van der Waals surface area contributed by atoms with Crippen LogP contribution in [0.1, 0.15) is 23.5 Å². The van der Waals surface area contributed by atoms with Gasteiger partial charge in [0.05, 0.1) is 0 Å². The molecule has 0 aliphatic carbocycles. The maximum absolute atomic E-state index is 4.25. The van der Waals surface area contributed by atoms with Crippen molar-refractivity contribution in [2.45, 2.75) is 19.5 Å². The fraction of sp³-hybridized carbons (Fsp3) is 0.250. The molecule has 0 saturated heterocycles. The number of aromatic nitrogens is 1. The quantitative estimate of drug-likeness (QED) is 0.929. The van der Waals surface area contributed by atoms with E-state index < -0.39 is 0 Å². The summed E-state index contributed by atoms with van der Waals surface area (Å²) in [5.41, 5.74) is 1.28. The minimum Gasteiger partial charge on any atom is -0.304 e. The van der Waals surface area contributed by atoms with E-state index >= 15 is 0 Å². The fourth-order valence-electron chi connectivity index (χ4n) is 1.52. The van der Waals surface area contributed by atoms with Crippen molar-refractivity contribution in [1.82, 2.24) is 10.3 Å². The molecule has 0 bridgehead atoms. The third-order valence-corrected chi connectivity index (χ3v) is 3.92. The average Bonchev–Trinajstić information content (AvgIpc) is 2.79. The Morgan fingerprint density at radius 1 is 1.44 bits per heavy atom. The molecule has 0 aliphatic rings. The molecule has 1 atom stereocenters. The number of hydrogen-bond acceptors (Lipinski definition) is 3. The van der Waals surface area contributed by atoms with Gasteiger partial charge in [-0.05, 0) is 18.6 Å². The van der Waals surface area contributed by atoms with Crippen LogP contribution in [-0.4, -0.2) is 4.98 Å². The second kappa shape index (κ2) is 5.57. The molecule has 0 spiro atoms. The van der Waals surface area contributed by atoms with Gasteiger partial charge in [-0.25, -0.2) is 4.98 Å². The maximum Gasteiger partial charge on any atom is 0.106 e. The molecular formula is C12H13BrN2S. The predicted octanol–water partition coefficient (Wildman–Crippen LogP) is 3.76. The van der Waals surface area contributed by atoms with Crippen LogP contribution in [0.25, 0.3) is 0 Å². The number of benzene rings is 1. The lowest BCUT2D eigenvalue weighted by atomic mass is 10.1. The highest BCUT2D eigenvalue weighted by molar-refractivity contribution is 9.10. The molecule has 1 aromatic carbocycles. The Labute approximate surface area is 108 Å². The molecule has 0 unspecified atom stereocenters. The monoisotopic (exact) mass is 296 g/mol. The number of thiazole rings is 1. The second-order valence-electron chi connectivity index (χ2n) is 3.55. The average molecular weight is 297 g/mol. The lowest BCUT2D eigenvalue weighted by Crippen LogP contribution is -2.18. The van der Waals surface area contributed by atoms with E-state index in [2.05, 4.69) is 51.4 Å². The zero-order valence-corrected chi connectivity index (χ0v) is 11.4. The van der Waals surface area contributed by atoms with Crippen molar-refractivity contribution >= 4 is 27.3 Å². The van der Waals surface area contributed by atoms with Gasteiger partial charge >= 0.3 is 0 Å². The lowest BCUT2D eigenvalue weighted by Gasteiger charge is -2.14. The minimum atomic E-state index is 0.319. The van der Waals surface area contributed by atoms with Crippen LogP contribution in [0.5, 0.6) is 0 Å². The van der Waals surface area contributed by atoms with E-state index in [0.717, 1.165) is 16.0 Å². The summed E-state index contributed by atoms with van der Waals surface area (Å²) < 4.78 is 1.15. The van der Waals surface area contributed by atoms with Gasteiger partial charge in [-0.1, -0.05) is 34.1 Å². The van der Waals surface area contributed by atoms with Crippen molar-refractivity contribution in [3.63, 3.8) is 0 Å². The molecule has 0 amide bonds. The van der Waals surface area contributed by atoms with Crippen LogP contribution < -0.4 is 5.32 Å². The van der Waals surface area contributed by atoms with Gasteiger partial charge in [-0.2, -0.15) is 0 Å². The van der Waals surface area contributed by atoms with Crippen molar-refractivity contribution in [1.29, 1.82) is 0 Å². The molecule has 0 radical (unpaired) electrons. The lowest BCUT2D eigenvalue weighted by molar-refractivity contribution is 0.571. The summed E-state index contributed by atoms with van der Waals surface area (Å²) in [4.78, 5) is 4.25. The first-order valence-electron chi connectivity index (χ1n) is 5.13. The van der Waals surface area contributed by atoms with Crippen LogP contribution in [0.2, 0.25) is 0 Å². The first kappa shape index (κ1) is 11.8. The van der Waals surface area contributed by atoms with E-state index in [0.29, 0.717) is 6.04 Å². The molecule has 1 heterocycles. The minimum absolute atomic E-state index is 0.319. The molecule has 0 aliphatic heterocycles. The van der Waals surface area contributed by atoms with Gasteiger partial charge < -0.3 is 5.32 Å². The molecule has 0 saturated carbocycles. The third-order valence-electron chi connectivity index (χ3n) is 2.41. The van der Waals surface area contributed by atoms with E-state index in [-0.39, 0.29) is 0 Å². The molecule has 2 rings (SSSR count). The molecule has 2 aromatic rings. The maximum atomic E-state index is 4.25. The number of nitrogens with zero attached hydrogens (tertiary/aromatic N) is 1. The van der Waals surface area contributed by atoms with E-state index in [1.54, 1.807) is 11.3 Å². The van der Waals surface area contributed by atoms with Crippen molar-refractivity contribution in [2.75, 3.05) is 0 Å². The van der Waals surface area contributed by atoms with Gasteiger partial charge in [0.1, 0.15) is 5.01 Å². The largest absolute Gasteiger partial charge is 0.304 e. The Morgan fingerprint density at radius 3 is 2.94 bits per heavy atom. The summed E-state index contributed by atoms with van der Waals surface area (Å²) in [5.74, 6) is 0. The van der Waals surface area contributed by atoms with Crippen LogP contribution in [0.3, 0.4) is 0 Å². The molecule has 84 valence electrons. The second-order valence-corrected chi connectivity index (χ2v) is 5.38. The normalized spacial score (nSPS) is 12.6. The van der Waals surface area contributed by atoms with Gasteiger partial charge in [0.2, 0.25) is 0 Å². The molecule has 2 nitrogen and oxygen atoms in total. The highest BCUT2D eigenvalue weighted by Gasteiger charge is 2.08. The number of halogens is 1. The Balaban J connectivity index is 1.98. The molecule has 4 heteroatoms. The third kappa shape index (κ3) is 2.90. The first-order valence-corrected chi connectivity index (χ1v) is 6.81. The predicted molar refractivity (Wildman–Crippen MR) is 71.5 cm³/mol. The van der Waals surface area contributed by atoms with E-state index in [1.807, 2.05) is 17.6 Å². The van der Waals surface area contributed by atoms with Gasteiger partial charge in [0.15, 0.2) is 0 Å². The van der Waals surface area contributed by atoms with E-state index in [1.165, 1.54) is 5.56 Å². The topological polar surface area (TPSA) is 24.9 Å². The zero-order chi connectivity index (χ0) is 11.4. The smallest absolute Gasteiger partial charge is 0.106 e. The Morgan fingerprint density at radius 2 is 2.25 bits per heavy atom. The Bertz CT molecular complexity index is 442. The number of rotatable bonds is 4. The van der Waals surface area contributed by atoms with Crippen molar-refractivity contribution < 1.29 is 0 Å². The molecule has 1 aromatic heterocycles. The molecule has 1 N–H and O–H groups in total. The van der Waals surface area contributed by atoms with Crippen LogP contribution in [0.4, 0.5) is 0 Å². The van der Waals surface area contributed by atoms with Crippen LogP contribution in [0, 0.1) is 0 Å². The highest BCUT2D eigenvalue weighted by atomic mass is 79.9. The Kier molecular flexibility index (Phi) is 4.09. The van der Waals surface area contributed by atoms with Gasteiger partial charge in [0, 0.05) is 28.6 Å². The first-order chi connectivity index (χ1) is 7.77.